The average Bonchev–Trinajstić information content (AvgIpc) is 2.91. The third-order valence-corrected chi connectivity index (χ3v) is 5.96. The Morgan fingerprint density at radius 3 is 1.15 bits per heavy atom. The molecule has 2 unspecified atom stereocenters. The molecule has 4 aromatic rings. The minimum absolute atomic E-state index is 0.0744. The summed E-state index contributed by atoms with van der Waals surface area (Å²) in [5.41, 5.74) is 2.80. The third-order valence-electron chi connectivity index (χ3n) is 5.96. The summed E-state index contributed by atoms with van der Waals surface area (Å²) < 4.78 is 0. The zero-order valence-corrected chi connectivity index (χ0v) is 18.8. The molecular weight excluding hydrogens is 422 g/mol. The van der Waals surface area contributed by atoms with Gasteiger partial charge in [-0.15, -0.1) is 0 Å². The number of rotatable bonds is 10. The Bertz CT molecular complexity index is 1100. The zero-order valence-electron chi connectivity index (χ0n) is 18.8. The molecule has 4 heteroatoms. The zero-order chi connectivity index (χ0) is 23.8. The summed E-state index contributed by atoms with van der Waals surface area (Å²) in [6.07, 6.45) is 0.154. The number of Topliss-reactive ketones (excluding diaryl/α,β-unsaturated/α-hetero) is 2. The van der Waals surface area contributed by atoms with Gasteiger partial charge in [0.1, 0.15) is 0 Å². The normalized spacial score (nSPS) is 12.8. The number of hydroxylamine groups is 2. The molecule has 0 aliphatic rings. The molecule has 170 valence electrons. The van der Waals surface area contributed by atoms with Crippen molar-refractivity contribution >= 4 is 11.6 Å². The van der Waals surface area contributed by atoms with Crippen molar-refractivity contribution in [3.63, 3.8) is 0 Å². The molecule has 0 aliphatic heterocycles. The summed E-state index contributed by atoms with van der Waals surface area (Å²) in [6.45, 7) is 0. The van der Waals surface area contributed by atoms with E-state index in [4.69, 9.17) is 0 Å². The number of carbonyl (C=O) groups excluding carboxylic acids is 2. The maximum atomic E-state index is 13.1. The quantitative estimate of drug-likeness (QED) is 0.216. The van der Waals surface area contributed by atoms with Crippen LogP contribution in [0.25, 0.3) is 0 Å². The number of carbonyl (C=O) groups is 2. The van der Waals surface area contributed by atoms with Crippen LogP contribution in [0.1, 0.15) is 56.8 Å². The highest BCUT2D eigenvalue weighted by Crippen LogP contribution is 2.35. The summed E-state index contributed by atoms with van der Waals surface area (Å²) in [6, 6.07) is 35.8. The SMILES string of the molecule is O=C(CC(c1ccccc1)N(O)C(CC(=O)c1ccccc1)c1ccccc1)c1ccccc1. The van der Waals surface area contributed by atoms with Gasteiger partial charge in [-0.25, -0.2) is 0 Å². The summed E-state index contributed by atoms with van der Waals surface area (Å²) in [5, 5.41) is 12.8. The Kier molecular flexibility index (Phi) is 7.76. The highest BCUT2D eigenvalue weighted by molar-refractivity contribution is 5.97. The van der Waals surface area contributed by atoms with Crippen molar-refractivity contribution in [1.82, 2.24) is 5.06 Å². The number of hydrogen-bond donors (Lipinski definition) is 1. The van der Waals surface area contributed by atoms with Crippen molar-refractivity contribution in [2.24, 2.45) is 0 Å². The van der Waals surface area contributed by atoms with Gasteiger partial charge < -0.3 is 5.21 Å². The van der Waals surface area contributed by atoms with Crippen molar-refractivity contribution in [2.45, 2.75) is 24.9 Å². The Balaban J connectivity index is 1.68. The van der Waals surface area contributed by atoms with Crippen LogP contribution in [0.5, 0.6) is 0 Å². The number of nitrogens with zero attached hydrogens (tertiary/aromatic N) is 1. The van der Waals surface area contributed by atoms with Crippen LogP contribution in [0, 0.1) is 0 Å². The predicted molar refractivity (Wildman–Crippen MR) is 133 cm³/mol. The maximum Gasteiger partial charge on any atom is 0.164 e. The standard InChI is InChI=1S/C30H27NO3/c32-29(25-17-9-3-10-18-25)21-27(23-13-5-1-6-14-23)31(34)28(24-15-7-2-8-16-24)22-30(33)26-19-11-4-12-20-26/h1-20,27-28,34H,21-22H2. The summed E-state index contributed by atoms with van der Waals surface area (Å²) in [7, 11) is 0. The molecule has 0 bridgehead atoms. The molecule has 4 rings (SSSR count). The Morgan fingerprint density at radius 2 is 0.824 bits per heavy atom. The highest BCUT2D eigenvalue weighted by Gasteiger charge is 2.31. The van der Waals surface area contributed by atoms with E-state index < -0.39 is 12.1 Å². The molecule has 0 radical (unpaired) electrons. The van der Waals surface area contributed by atoms with Crippen molar-refractivity contribution in [3.8, 4) is 0 Å². The fourth-order valence-corrected chi connectivity index (χ4v) is 4.13. The molecular formula is C30H27NO3. The molecule has 4 aromatic carbocycles. The molecule has 0 spiro atoms. The van der Waals surface area contributed by atoms with E-state index in [0.29, 0.717) is 11.1 Å². The maximum absolute atomic E-state index is 13.1. The van der Waals surface area contributed by atoms with Gasteiger partial charge in [0.15, 0.2) is 11.6 Å². The minimum atomic E-state index is -0.623. The minimum Gasteiger partial charge on any atom is -0.313 e. The first-order chi connectivity index (χ1) is 16.6. The van der Waals surface area contributed by atoms with Gasteiger partial charge >= 0.3 is 0 Å². The van der Waals surface area contributed by atoms with E-state index >= 15 is 0 Å². The Labute approximate surface area is 200 Å². The van der Waals surface area contributed by atoms with Crippen LogP contribution in [-0.4, -0.2) is 21.8 Å². The van der Waals surface area contributed by atoms with Crippen molar-refractivity contribution in [2.75, 3.05) is 0 Å². The van der Waals surface area contributed by atoms with Crippen LogP contribution in [0.2, 0.25) is 0 Å². The lowest BCUT2D eigenvalue weighted by Crippen LogP contribution is -2.33. The molecule has 34 heavy (non-hydrogen) atoms. The van der Waals surface area contributed by atoms with Crippen LogP contribution >= 0.6 is 0 Å². The van der Waals surface area contributed by atoms with E-state index in [1.165, 1.54) is 5.06 Å². The summed E-state index contributed by atoms with van der Waals surface area (Å²) >= 11 is 0. The van der Waals surface area contributed by atoms with Crippen LogP contribution in [0.3, 0.4) is 0 Å². The van der Waals surface area contributed by atoms with Gasteiger partial charge in [0.05, 0.1) is 12.1 Å². The van der Waals surface area contributed by atoms with Gasteiger partial charge in [0, 0.05) is 24.0 Å². The number of benzene rings is 4. The Morgan fingerprint density at radius 1 is 0.529 bits per heavy atom. The molecule has 0 saturated heterocycles. The van der Waals surface area contributed by atoms with Gasteiger partial charge in [-0.1, -0.05) is 121 Å². The summed E-state index contributed by atoms with van der Waals surface area (Å²) in [5.74, 6) is -0.149. The molecule has 0 fully saturated rings. The first-order valence-corrected chi connectivity index (χ1v) is 11.4. The first-order valence-electron chi connectivity index (χ1n) is 11.4. The lowest BCUT2D eigenvalue weighted by molar-refractivity contribution is -0.163. The summed E-state index contributed by atoms with van der Waals surface area (Å²) in [4.78, 5) is 26.3. The lowest BCUT2D eigenvalue weighted by Gasteiger charge is -2.33. The third kappa shape index (κ3) is 5.73. The van der Waals surface area contributed by atoms with E-state index in [1.54, 1.807) is 24.3 Å². The molecule has 1 N–H and O–H groups in total. The van der Waals surface area contributed by atoms with Crippen molar-refractivity contribution in [3.05, 3.63) is 144 Å². The predicted octanol–water partition coefficient (Wildman–Crippen LogP) is 6.71. The first kappa shape index (κ1) is 23.3. The van der Waals surface area contributed by atoms with Crippen molar-refractivity contribution in [1.29, 1.82) is 0 Å². The van der Waals surface area contributed by atoms with E-state index in [2.05, 4.69) is 0 Å². The molecule has 0 saturated carbocycles. The van der Waals surface area contributed by atoms with Crippen molar-refractivity contribution < 1.29 is 14.8 Å². The highest BCUT2D eigenvalue weighted by atomic mass is 16.5. The van der Waals surface area contributed by atoms with E-state index in [9.17, 15) is 14.8 Å². The fraction of sp³-hybridized carbons (Fsp3) is 0.133. The van der Waals surface area contributed by atoms with Gasteiger partial charge in [0.25, 0.3) is 0 Å². The Hall–Kier alpha value is -3.86. The monoisotopic (exact) mass is 449 g/mol. The second-order valence-electron chi connectivity index (χ2n) is 8.22. The van der Waals surface area contributed by atoms with Gasteiger partial charge in [-0.2, -0.15) is 5.06 Å². The van der Waals surface area contributed by atoms with Crippen LogP contribution in [0.4, 0.5) is 0 Å². The second kappa shape index (κ2) is 11.3. The van der Waals surface area contributed by atoms with Crippen LogP contribution in [-0.2, 0) is 0 Å². The molecule has 2 atom stereocenters. The van der Waals surface area contributed by atoms with Crippen LogP contribution in [0.15, 0.2) is 121 Å². The molecule has 0 amide bonds. The van der Waals surface area contributed by atoms with E-state index in [1.807, 2.05) is 97.1 Å². The second-order valence-corrected chi connectivity index (χ2v) is 8.22. The van der Waals surface area contributed by atoms with Crippen LogP contribution < -0.4 is 0 Å². The largest absolute Gasteiger partial charge is 0.313 e. The number of ketones is 2. The van der Waals surface area contributed by atoms with E-state index in [0.717, 1.165) is 11.1 Å². The fourth-order valence-electron chi connectivity index (χ4n) is 4.13. The van der Waals surface area contributed by atoms with Gasteiger partial charge in [-0.05, 0) is 11.1 Å². The average molecular weight is 450 g/mol. The van der Waals surface area contributed by atoms with E-state index in [-0.39, 0.29) is 24.4 Å². The molecule has 4 nitrogen and oxygen atoms in total. The van der Waals surface area contributed by atoms with Gasteiger partial charge in [-0.3, -0.25) is 9.59 Å². The smallest absolute Gasteiger partial charge is 0.164 e. The lowest BCUT2D eigenvalue weighted by atomic mass is 9.92. The molecule has 0 heterocycles. The van der Waals surface area contributed by atoms with Gasteiger partial charge in [0.2, 0.25) is 0 Å². The molecule has 0 aromatic heterocycles. The number of hydrogen-bond acceptors (Lipinski definition) is 4. The topological polar surface area (TPSA) is 57.6 Å². The molecule has 0 aliphatic carbocycles.